The molecule has 0 aromatic rings. The summed E-state index contributed by atoms with van der Waals surface area (Å²) in [5.41, 5.74) is 0. The van der Waals surface area contributed by atoms with Crippen LogP contribution in [0.3, 0.4) is 0 Å². The molecule has 0 spiro atoms. The van der Waals surface area contributed by atoms with Crippen molar-refractivity contribution in [1.29, 1.82) is 0 Å². The van der Waals surface area contributed by atoms with Gasteiger partial charge in [-0.15, -0.1) is 0 Å². The Morgan fingerprint density at radius 2 is 1.85 bits per heavy atom. The van der Waals surface area contributed by atoms with Crippen LogP contribution in [0.5, 0.6) is 0 Å². The van der Waals surface area contributed by atoms with E-state index in [1.807, 2.05) is 0 Å². The molecule has 2 N–H and O–H groups in total. The van der Waals surface area contributed by atoms with E-state index in [1.165, 1.54) is 24.2 Å². The first kappa shape index (κ1) is 15.1. The molecule has 2 aliphatic carbocycles. The van der Waals surface area contributed by atoms with E-state index >= 15 is 0 Å². The number of rotatable bonds is 5. The Morgan fingerprint density at radius 3 is 2.40 bits per heavy atom. The summed E-state index contributed by atoms with van der Waals surface area (Å²) in [6.07, 6.45) is 7.69. The highest BCUT2D eigenvalue weighted by Crippen LogP contribution is 2.30. The van der Waals surface area contributed by atoms with E-state index in [9.17, 15) is 9.59 Å². The largest absolute Gasteiger partial charge is 0.480 e. The summed E-state index contributed by atoms with van der Waals surface area (Å²) in [6, 6.07) is -0.0921. The Labute approximate surface area is 120 Å². The van der Waals surface area contributed by atoms with E-state index in [2.05, 4.69) is 12.2 Å². The highest BCUT2D eigenvalue weighted by molar-refractivity contribution is 5.80. The molecule has 114 valence electrons. The van der Waals surface area contributed by atoms with Gasteiger partial charge in [-0.25, -0.2) is 4.79 Å². The van der Waals surface area contributed by atoms with Gasteiger partial charge in [0.05, 0.1) is 0 Å². The molecule has 5 heteroatoms. The van der Waals surface area contributed by atoms with Crippen molar-refractivity contribution in [3.8, 4) is 0 Å². The van der Waals surface area contributed by atoms with Crippen LogP contribution in [0.2, 0.25) is 0 Å². The molecule has 0 radical (unpaired) electrons. The number of carbonyl (C=O) groups is 2. The minimum atomic E-state index is -0.929. The molecule has 0 heterocycles. The van der Waals surface area contributed by atoms with Crippen LogP contribution in [0.4, 0.5) is 4.79 Å². The van der Waals surface area contributed by atoms with Gasteiger partial charge in [-0.05, 0) is 31.1 Å². The van der Waals surface area contributed by atoms with Crippen LogP contribution in [0.1, 0.15) is 51.9 Å². The predicted octanol–water partition coefficient (Wildman–Crippen LogP) is 2.46. The fraction of sp³-hybridized carbons (Fsp3) is 0.867. The van der Waals surface area contributed by atoms with Gasteiger partial charge in [0, 0.05) is 12.6 Å². The highest BCUT2D eigenvalue weighted by Gasteiger charge is 2.29. The number of hydrogen-bond acceptors (Lipinski definition) is 2. The fourth-order valence-electron chi connectivity index (χ4n) is 3.57. The van der Waals surface area contributed by atoms with Gasteiger partial charge in [-0.2, -0.15) is 0 Å². The summed E-state index contributed by atoms with van der Waals surface area (Å²) in [6.45, 7) is 2.73. The molecule has 5 nitrogen and oxygen atoms in total. The van der Waals surface area contributed by atoms with Gasteiger partial charge in [0.1, 0.15) is 6.54 Å². The van der Waals surface area contributed by atoms with E-state index in [1.54, 1.807) is 0 Å². The zero-order chi connectivity index (χ0) is 14.5. The molecule has 2 atom stereocenters. The van der Waals surface area contributed by atoms with Crippen molar-refractivity contribution in [1.82, 2.24) is 10.2 Å². The third kappa shape index (κ3) is 3.87. The van der Waals surface area contributed by atoms with Crippen molar-refractivity contribution < 1.29 is 14.7 Å². The van der Waals surface area contributed by atoms with Crippen molar-refractivity contribution in [3.05, 3.63) is 0 Å². The van der Waals surface area contributed by atoms with Gasteiger partial charge in [-0.1, -0.05) is 32.6 Å². The smallest absolute Gasteiger partial charge is 0.323 e. The van der Waals surface area contributed by atoms with Crippen molar-refractivity contribution in [2.45, 2.75) is 57.9 Å². The monoisotopic (exact) mass is 282 g/mol. The minimum Gasteiger partial charge on any atom is -0.480 e. The van der Waals surface area contributed by atoms with Gasteiger partial charge in [0.2, 0.25) is 0 Å². The molecule has 0 aromatic heterocycles. The van der Waals surface area contributed by atoms with Gasteiger partial charge < -0.3 is 15.3 Å². The number of aliphatic carboxylic acids is 1. The summed E-state index contributed by atoms with van der Waals surface area (Å²) < 4.78 is 0. The number of nitrogens with zero attached hydrogens (tertiary/aromatic N) is 1. The van der Waals surface area contributed by atoms with Crippen LogP contribution in [0.15, 0.2) is 0 Å². The fourth-order valence-corrected chi connectivity index (χ4v) is 3.57. The van der Waals surface area contributed by atoms with Crippen molar-refractivity contribution in [2.75, 3.05) is 13.1 Å². The zero-order valence-corrected chi connectivity index (χ0v) is 12.3. The first-order valence-electron chi connectivity index (χ1n) is 7.84. The molecule has 20 heavy (non-hydrogen) atoms. The molecule has 0 bridgehead atoms. The van der Waals surface area contributed by atoms with E-state index in [4.69, 9.17) is 5.11 Å². The van der Waals surface area contributed by atoms with Crippen molar-refractivity contribution in [2.24, 2.45) is 11.8 Å². The number of amides is 2. The minimum absolute atomic E-state index is 0.104. The molecule has 0 saturated heterocycles. The van der Waals surface area contributed by atoms with Crippen molar-refractivity contribution in [3.63, 3.8) is 0 Å². The highest BCUT2D eigenvalue weighted by atomic mass is 16.4. The van der Waals surface area contributed by atoms with E-state index in [0.717, 1.165) is 25.7 Å². The molecule has 2 rings (SSSR count). The topological polar surface area (TPSA) is 69.6 Å². The zero-order valence-electron chi connectivity index (χ0n) is 12.3. The summed E-state index contributed by atoms with van der Waals surface area (Å²) in [4.78, 5) is 24.8. The number of nitrogens with one attached hydrogen (secondary N) is 1. The quantitative estimate of drug-likeness (QED) is 0.813. The Balaban J connectivity index is 1.86. The predicted molar refractivity (Wildman–Crippen MR) is 76.5 cm³/mol. The molecular weight excluding hydrogens is 256 g/mol. The molecular formula is C15H26N2O3. The maximum absolute atomic E-state index is 12.3. The maximum atomic E-state index is 12.3. The van der Waals surface area contributed by atoms with Crippen LogP contribution in [-0.4, -0.2) is 41.1 Å². The standard InChI is InChI=1S/C15H26N2O3/c1-11-5-4-6-12(11)9-16-15(20)17(10-14(18)19)13-7-2-3-8-13/h11-13H,2-10H2,1H3,(H,16,20)(H,18,19). The molecule has 2 fully saturated rings. The van der Waals surface area contributed by atoms with Crippen LogP contribution in [-0.2, 0) is 4.79 Å². The summed E-state index contributed by atoms with van der Waals surface area (Å²) in [5, 5.41) is 12.0. The Kier molecular flexibility index (Phi) is 5.26. The lowest BCUT2D eigenvalue weighted by Crippen LogP contribution is -2.48. The van der Waals surface area contributed by atoms with Gasteiger partial charge >= 0.3 is 12.0 Å². The van der Waals surface area contributed by atoms with E-state index in [-0.39, 0.29) is 18.6 Å². The second kappa shape index (κ2) is 6.95. The number of carboxylic acids is 1. The van der Waals surface area contributed by atoms with E-state index < -0.39 is 5.97 Å². The molecule has 2 unspecified atom stereocenters. The molecule has 2 amide bonds. The third-order valence-corrected chi connectivity index (χ3v) is 4.89. The second-order valence-corrected chi connectivity index (χ2v) is 6.31. The summed E-state index contributed by atoms with van der Waals surface area (Å²) in [5.74, 6) is 0.283. The van der Waals surface area contributed by atoms with Crippen LogP contribution < -0.4 is 5.32 Å². The first-order chi connectivity index (χ1) is 9.58. The first-order valence-corrected chi connectivity index (χ1v) is 7.84. The lowest BCUT2D eigenvalue weighted by atomic mass is 9.98. The Hall–Kier alpha value is -1.26. The Morgan fingerprint density at radius 1 is 1.15 bits per heavy atom. The van der Waals surface area contributed by atoms with Gasteiger partial charge in [-0.3, -0.25) is 4.79 Å². The molecule has 0 aliphatic heterocycles. The molecule has 2 saturated carbocycles. The normalized spacial score (nSPS) is 26.6. The van der Waals surface area contributed by atoms with Crippen molar-refractivity contribution >= 4 is 12.0 Å². The maximum Gasteiger partial charge on any atom is 0.323 e. The number of hydrogen-bond donors (Lipinski definition) is 2. The van der Waals surface area contributed by atoms with Gasteiger partial charge in [0.25, 0.3) is 0 Å². The average molecular weight is 282 g/mol. The average Bonchev–Trinajstić information content (AvgIpc) is 3.04. The number of carboxylic acid groups (broad SMARTS) is 1. The third-order valence-electron chi connectivity index (χ3n) is 4.89. The Bertz CT molecular complexity index is 353. The van der Waals surface area contributed by atoms with Crippen LogP contribution >= 0.6 is 0 Å². The number of carbonyl (C=O) groups excluding carboxylic acids is 1. The second-order valence-electron chi connectivity index (χ2n) is 6.31. The van der Waals surface area contributed by atoms with E-state index in [0.29, 0.717) is 18.4 Å². The number of urea groups is 1. The molecule has 0 aromatic carbocycles. The lowest BCUT2D eigenvalue weighted by molar-refractivity contribution is -0.138. The summed E-state index contributed by atoms with van der Waals surface area (Å²) >= 11 is 0. The van der Waals surface area contributed by atoms with Crippen LogP contribution in [0, 0.1) is 11.8 Å². The summed E-state index contributed by atoms with van der Waals surface area (Å²) in [7, 11) is 0. The molecule has 2 aliphatic rings. The van der Waals surface area contributed by atoms with Gasteiger partial charge in [0.15, 0.2) is 0 Å². The van der Waals surface area contributed by atoms with Crippen LogP contribution in [0.25, 0.3) is 0 Å². The lowest BCUT2D eigenvalue weighted by Gasteiger charge is -2.28. The SMILES string of the molecule is CC1CCCC1CNC(=O)N(CC(=O)O)C1CCCC1.